The molecule has 0 aliphatic rings. The molecular formula is C22H22N2O3S. The first kappa shape index (κ1) is 19.6. The highest BCUT2D eigenvalue weighted by molar-refractivity contribution is 7.09. The minimum Gasteiger partial charge on any atom is -0.483 e. The minimum atomic E-state index is -0.408. The number of hydrazine groups is 1. The third-order valence-corrected chi connectivity index (χ3v) is 5.02. The number of carbonyl (C=O) groups excluding carboxylic acids is 2. The van der Waals surface area contributed by atoms with E-state index in [0.29, 0.717) is 12.2 Å². The van der Waals surface area contributed by atoms with Gasteiger partial charge in [-0.05, 0) is 35.9 Å². The van der Waals surface area contributed by atoms with Gasteiger partial charge in [-0.25, -0.2) is 0 Å². The predicted molar refractivity (Wildman–Crippen MR) is 111 cm³/mol. The first-order chi connectivity index (χ1) is 13.7. The predicted octanol–water partition coefficient (Wildman–Crippen LogP) is 3.96. The molecule has 2 aromatic carbocycles. The Balaban J connectivity index is 1.42. The Hall–Kier alpha value is -3.12. The molecule has 2 N–H and O–H groups in total. The lowest BCUT2D eigenvalue weighted by Crippen LogP contribution is -2.43. The molecule has 0 fully saturated rings. The topological polar surface area (TPSA) is 67.4 Å². The number of hydrogen-bond donors (Lipinski definition) is 2. The van der Waals surface area contributed by atoms with Crippen molar-refractivity contribution in [3.05, 3.63) is 77.0 Å². The van der Waals surface area contributed by atoms with E-state index in [9.17, 15) is 9.59 Å². The van der Waals surface area contributed by atoms with Crippen molar-refractivity contribution in [2.75, 3.05) is 6.61 Å². The van der Waals surface area contributed by atoms with E-state index in [-0.39, 0.29) is 12.5 Å². The average Bonchev–Trinajstić information content (AvgIpc) is 3.25. The highest BCUT2D eigenvalue weighted by atomic mass is 32.1. The van der Waals surface area contributed by atoms with Crippen molar-refractivity contribution in [2.45, 2.75) is 19.3 Å². The summed E-state index contributed by atoms with van der Waals surface area (Å²) < 4.78 is 5.65. The number of thiophene rings is 1. The van der Waals surface area contributed by atoms with Gasteiger partial charge in [-0.15, -0.1) is 11.3 Å². The number of carbonyl (C=O) groups is 2. The Bertz CT molecular complexity index is 895. The van der Waals surface area contributed by atoms with E-state index in [1.54, 1.807) is 11.3 Å². The van der Waals surface area contributed by atoms with Crippen LogP contribution in [0.4, 0.5) is 0 Å². The van der Waals surface area contributed by atoms with Crippen molar-refractivity contribution in [1.29, 1.82) is 0 Å². The zero-order valence-corrected chi connectivity index (χ0v) is 16.2. The molecule has 0 saturated carbocycles. The lowest BCUT2D eigenvalue weighted by Gasteiger charge is -2.12. The third-order valence-electron chi connectivity index (χ3n) is 4.08. The second kappa shape index (κ2) is 10.3. The van der Waals surface area contributed by atoms with Gasteiger partial charge >= 0.3 is 0 Å². The molecule has 0 bridgehead atoms. The fraction of sp³-hybridized carbons (Fsp3) is 0.182. The molecule has 0 unspecified atom stereocenters. The standard InChI is InChI=1S/C22H22N2O3S/c25-21(14-6-10-18-11-7-15-28-18)23-24-22(26)16-27-20-13-5-4-12-19(20)17-8-2-1-3-9-17/h1-5,7-9,11-13,15H,6,10,14,16H2,(H,23,25)(H,24,26). The molecule has 0 saturated heterocycles. The minimum absolute atomic E-state index is 0.181. The number of ether oxygens (including phenoxy) is 1. The molecule has 5 nitrogen and oxygen atoms in total. The van der Waals surface area contributed by atoms with Gasteiger partial charge in [0.1, 0.15) is 5.75 Å². The summed E-state index contributed by atoms with van der Waals surface area (Å²) in [5.74, 6) is -0.00446. The summed E-state index contributed by atoms with van der Waals surface area (Å²) in [5, 5.41) is 2.02. The van der Waals surface area contributed by atoms with E-state index >= 15 is 0 Å². The van der Waals surface area contributed by atoms with Crippen LogP contribution in [0.5, 0.6) is 5.75 Å². The fourth-order valence-electron chi connectivity index (χ4n) is 2.71. The summed E-state index contributed by atoms with van der Waals surface area (Å²) in [4.78, 5) is 25.1. The number of benzene rings is 2. The highest BCUT2D eigenvalue weighted by Crippen LogP contribution is 2.29. The van der Waals surface area contributed by atoms with Crippen LogP contribution in [0.1, 0.15) is 17.7 Å². The number of aryl methyl sites for hydroxylation is 1. The molecule has 0 aliphatic heterocycles. The molecule has 28 heavy (non-hydrogen) atoms. The van der Waals surface area contributed by atoms with Crippen LogP contribution in [-0.2, 0) is 16.0 Å². The lowest BCUT2D eigenvalue weighted by molar-refractivity contribution is -0.130. The third kappa shape index (κ3) is 5.96. The van der Waals surface area contributed by atoms with Gasteiger partial charge in [0.25, 0.3) is 5.91 Å². The molecule has 3 aromatic rings. The van der Waals surface area contributed by atoms with Crippen LogP contribution in [0, 0.1) is 0 Å². The van der Waals surface area contributed by atoms with Gasteiger partial charge in [-0.2, -0.15) is 0 Å². The molecule has 0 spiro atoms. The molecule has 0 atom stereocenters. The average molecular weight is 394 g/mol. The Morgan fingerprint density at radius 2 is 1.61 bits per heavy atom. The largest absolute Gasteiger partial charge is 0.483 e. The Labute approximate surface area is 168 Å². The van der Waals surface area contributed by atoms with Crippen LogP contribution in [-0.4, -0.2) is 18.4 Å². The molecule has 6 heteroatoms. The lowest BCUT2D eigenvalue weighted by atomic mass is 10.1. The van der Waals surface area contributed by atoms with Crippen LogP contribution in [0.15, 0.2) is 72.1 Å². The van der Waals surface area contributed by atoms with E-state index in [1.807, 2.05) is 66.0 Å². The Morgan fingerprint density at radius 1 is 0.857 bits per heavy atom. The van der Waals surface area contributed by atoms with Crippen LogP contribution >= 0.6 is 11.3 Å². The summed E-state index contributed by atoms with van der Waals surface area (Å²) in [6.07, 6.45) is 1.96. The van der Waals surface area contributed by atoms with Crippen LogP contribution in [0.25, 0.3) is 11.1 Å². The molecule has 1 aromatic heterocycles. The Kier molecular flexibility index (Phi) is 7.21. The SMILES string of the molecule is O=C(CCCc1cccs1)NNC(=O)COc1ccccc1-c1ccccc1. The molecule has 3 rings (SSSR count). The van der Waals surface area contributed by atoms with E-state index in [1.165, 1.54) is 4.88 Å². The van der Waals surface area contributed by atoms with Gasteiger partial charge in [0.15, 0.2) is 6.61 Å². The number of nitrogens with one attached hydrogen (secondary N) is 2. The normalized spacial score (nSPS) is 10.3. The molecule has 1 heterocycles. The summed E-state index contributed by atoms with van der Waals surface area (Å²) in [5.41, 5.74) is 6.75. The van der Waals surface area contributed by atoms with Gasteiger partial charge < -0.3 is 4.74 Å². The number of rotatable bonds is 8. The van der Waals surface area contributed by atoms with E-state index < -0.39 is 5.91 Å². The Morgan fingerprint density at radius 3 is 2.39 bits per heavy atom. The van der Waals surface area contributed by atoms with Crippen molar-refractivity contribution in [3.8, 4) is 16.9 Å². The summed E-state index contributed by atoms with van der Waals surface area (Å²) in [6.45, 7) is -0.181. The maximum absolute atomic E-state index is 12.0. The first-order valence-corrected chi connectivity index (χ1v) is 9.97. The molecule has 0 radical (unpaired) electrons. The van der Waals surface area contributed by atoms with E-state index in [4.69, 9.17) is 4.74 Å². The van der Waals surface area contributed by atoms with E-state index in [2.05, 4.69) is 16.9 Å². The summed E-state index contributed by atoms with van der Waals surface area (Å²) >= 11 is 1.68. The number of para-hydroxylation sites is 1. The van der Waals surface area contributed by atoms with Crippen LogP contribution < -0.4 is 15.6 Å². The van der Waals surface area contributed by atoms with Crippen LogP contribution in [0.3, 0.4) is 0 Å². The monoisotopic (exact) mass is 394 g/mol. The zero-order valence-electron chi connectivity index (χ0n) is 15.4. The number of amides is 2. The smallest absolute Gasteiger partial charge is 0.276 e. The second-order valence-corrected chi connectivity index (χ2v) is 7.21. The van der Waals surface area contributed by atoms with Gasteiger partial charge in [0.05, 0.1) is 0 Å². The van der Waals surface area contributed by atoms with Crippen molar-refractivity contribution in [3.63, 3.8) is 0 Å². The van der Waals surface area contributed by atoms with Gasteiger partial charge in [-0.1, -0.05) is 54.6 Å². The quantitative estimate of drug-likeness (QED) is 0.568. The maximum Gasteiger partial charge on any atom is 0.276 e. The number of hydrogen-bond acceptors (Lipinski definition) is 4. The van der Waals surface area contributed by atoms with Gasteiger partial charge in [-0.3, -0.25) is 20.4 Å². The summed E-state index contributed by atoms with van der Waals surface area (Å²) in [6, 6.07) is 21.4. The fourth-order valence-corrected chi connectivity index (χ4v) is 3.46. The first-order valence-electron chi connectivity index (χ1n) is 9.09. The second-order valence-electron chi connectivity index (χ2n) is 6.18. The highest BCUT2D eigenvalue weighted by Gasteiger charge is 2.09. The van der Waals surface area contributed by atoms with Crippen molar-refractivity contribution in [1.82, 2.24) is 10.9 Å². The molecular weight excluding hydrogens is 372 g/mol. The van der Waals surface area contributed by atoms with Crippen LogP contribution in [0.2, 0.25) is 0 Å². The van der Waals surface area contributed by atoms with E-state index in [0.717, 1.165) is 24.0 Å². The molecule has 0 aliphatic carbocycles. The molecule has 144 valence electrons. The summed E-state index contributed by atoms with van der Waals surface area (Å²) in [7, 11) is 0. The van der Waals surface area contributed by atoms with Crippen molar-refractivity contribution in [2.24, 2.45) is 0 Å². The van der Waals surface area contributed by atoms with Gasteiger partial charge in [0, 0.05) is 16.9 Å². The zero-order chi connectivity index (χ0) is 19.6. The van der Waals surface area contributed by atoms with Crippen molar-refractivity contribution >= 4 is 23.2 Å². The molecule has 2 amide bonds. The van der Waals surface area contributed by atoms with Crippen molar-refractivity contribution < 1.29 is 14.3 Å². The van der Waals surface area contributed by atoms with Gasteiger partial charge in [0.2, 0.25) is 5.91 Å². The maximum atomic E-state index is 12.0.